The second-order valence-corrected chi connectivity index (χ2v) is 11.6. The Hall–Kier alpha value is -6.44. The monoisotopic (exact) mass is 670 g/mol. The van der Waals surface area contributed by atoms with Crippen LogP contribution in [-0.4, -0.2) is 33.2 Å². The average Bonchev–Trinajstić information content (AvgIpc) is 3.10. The summed E-state index contributed by atoms with van der Waals surface area (Å²) in [6, 6.07) is 32.9. The fourth-order valence-electron chi connectivity index (χ4n) is 5.24. The lowest BCUT2D eigenvalue weighted by Crippen LogP contribution is -2.06. The Bertz CT molecular complexity index is 2060. The molecule has 6 aromatic rings. The molecule has 3 N–H and O–H groups in total. The van der Waals surface area contributed by atoms with Gasteiger partial charge in [-0.25, -0.2) is 14.4 Å². The van der Waals surface area contributed by atoms with Gasteiger partial charge in [0.2, 0.25) is 0 Å². The lowest BCUT2D eigenvalue weighted by atomic mass is 10.1. The number of rotatable bonds is 12. The minimum absolute atomic E-state index is 0.285. The highest BCUT2D eigenvalue weighted by Gasteiger charge is 2.27. The predicted octanol–water partition coefficient (Wildman–Crippen LogP) is 9.20. The van der Waals surface area contributed by atoms with Gasteiger partial charge in [0, 0.05) is 51.1 Å². The zero-order valence-electron chi connectivity index (χ0n) is 25.6. The molecule has 0 aromatic heterocycles. The van der Waals surface area contributed by atoms with E-state index in [0.717, 1.165) is 34.4 Å². The first-order valence-corrected chi connectivity index (χ1v) is 16.0. The van der Waals surface area contributed by atoms with Crippen molar-refractivity contribution >= 4 is 77.1 Å². The van der Waals surface area contributed by atoms with Crippen molar-refractivity contribution in [3.05, 3.63) is 144 Å². The third-order valence-corrected chi connectivity index (χ3v) is 8.44. The van der Waals surface area contributed by atoms with Crippen LogP contribution in [0.1, 0.15) is 16.7 Å². The minimum Gasteiger partial charge on any atom is -0.478 e. The maximum atomic E-state index is 11.5. The van der Waals surface area contributed by atoms with E-state index >= 15 is 0 Å². The summed E-state index contributed by atoms with van der Waals surface area (Å²) in [7, 11) is -2.48. The second-order valence-electron chi connectivity index (χ2n) is 10.6. The maximum Gasteiger partial charge on any atom is 0.530 e. The van der Waals surface area contributed by atoms with Crippen molar-refractivity contribution in [1.29, 1.82) is 0 Å². The van der Waals surface area contributed by atoms with Crippen molar-refractivity contribution in [3.8, 4) is 17.2 Å². The van der Waals surface area contributed by atoms with E-state index in [1.807, 2.05) is 91.0 Å². The van der Waals surface area contributed by atoms with Crippen molar-refractivity contribution < 1.29 is 43.3 Å². The summed E-state index contributed by atoms with van der Waals surface area (Å²) in [5, 5.41) is 32.7. The Morgan fingerprint density at radius 3 is 1.00 bits per heavy atom. The normalized spacial score (nSPS) is 11.7. The van der Waals surface area contributed by atoms with Gasteiger partial charge in [0.25, 0.3) is 0 Å². The van der Waals surface area contributed by atoms with Gasteiger partial charge in [-0.1, -0.05) is 109 Å². The van der Waals surface area contributed by atoms with Crippen LogP contribution in [0.4, 0.5) is 0 Å². The molecule has 0 aliphatic rings. The first-order chi connectivity index (χ1) is 23.8. The van der Waals surface area contributed by atoms with E-state index in [4.69, 9.17) is 13.6 Å². The fourth-order valence-corrected chi connectivity index (χ4v) is 6.41. The smallest absolute Gasteiger partial charge is 0.478 e. The Labute approximate surface area is 281 Å². The van der Waals surface area contributed by atoms with E-state index in [1.165, 1.54) is 18.2 Å². The summed E-state index contributed by atoms with van der Waals surface area (Å²) in [5.74, 6) is -2.59. The molecule has 0 fully saturated rings. The van der Waals surface area contributed by atoms with E-state index in [0.29, 0.717) is 32.8 Å². The highest BCUT2D eigenvalue weighted by atomic mass is 31.2. The highest BCUT2D eigenvalue weighted by molar-refractivity contribution is 7.43. The van der Waals surface area contributed by atoms with Gasteiger partial charge in [-0.05, 0) is 34.4 Å². The molecule has 0 saturated heterocycles. The molecule has 0 saturated carbocycles. The lowest BCUT2D eigenvalue weighted by Gasteiger charge is -2.23. The summed E-state index contributed by atoms with van der Waals surface area (Å²) in [5.41, 5.74) is 1.32. The van der Waals surface area contributed by atoms with Gasteiger partial charge in [-0.2, -0.15) is 0 Å². The van der Waals surface area contributed by atoms with Crippen LogP contribution in [-0.2, 0) is 14.4 Å². The highest BCUT2D eigenvalue weighted by Crippen LogP contribution is 2.50. The van der Waals surface area contributed by atoms with Crippen LogP contribution < -0.4 is 13.6 Å². The number of aliphatic carboxylic acids is 3. The Morgan fingerprint density at radius 1 is 0.429 bits per heavy atom. The van der Waals surface area contributed by atoms with Gasteiger partial charge < -0.3 is 28.9 Å². The number of carboxylic acid groups (broad SMARTS) is 3. The van der Waals surface area contributed by atoms with E-state index in [2.05, 4.69) is 0 Å². The van der Waals surface area contributed by atoms with Crippen LogP contribution >= 0.6 is 8.60 Å². The van der Waals surface area contributed by atoms with Gasteiger partial charge in [0.05, 0.1) is 0 Å². The first kappa shape index (κ1) is 32.5. The molecule has 0 heterocycles. The minimum atomic E-state index is -2.48. The van der Waals surface area contributed by atoms with Gasteiger partial charge in [-0.3, -0.25) is 0 Å². The molecule has 0 aliphatic carbocycles. The van der Waals surface area contributed by atoms with Crippen molar-refractivity contribution in [2.24, 2.45) is 0 Å². The van der Waals surface area contributed by atoms with Gasteiger partial charge >= 0.3 is 26.5 Å². The molecular formula is C39H27O9P. The standard InChI is InChI=1S/C39H27O9P/c40-34(41)22-19-28-16-13-25-7-1-4-10-31(25)37(28)46-49(47-38-29(20-23-35(42)43)17-14-26-8-2-5-11-32(26)38)48-39-30(21-24-36(44)45)18-15-27-9-3-6-12-33(27)39/h1-24H,(H,40,41)(H,42,43)(H,44,45)/b22-19-,23-20-,24-21-. The van der Waals surface area contributed by atoms with Crippen LogP contribution in [0.25, 0.3) is 50.5 Å². The van der Waals surface area contributed by atoms with Gasteiger partial charge in [0.1, 0.15) is 17.2 Å². The Kier molecular flexibility index (Phi) is 9.65. The fraction of sp³-hybridized carbons (Fsp3) is 0. The Morgan fingerprint density at radius 2 is 0.714 bits per heavy atom. The zero-order valence-corrected chi connectivity index (χ0v) is 26.5. The van der Waals surface area contributed by atoms with Crippen molar-refractivity contribution in [2.75, 3.05) is 0 Å². The molecule has 0 bridgehead atoms. The molecule has 0 amide bonds. The third kappa shape index (κ3) is 7.59. The van der Waals surface area contributed by atoms with Crippen LogP contribution in [0.2, 0.25) is 0 Å². The van der Waals surface area contributed by atoms with Gasteiger partial charge in [-0.15, -0.1) is 0 Å². The van der Waals surface area contributed by atoms with Crippen LogP contribution in [0.15, 0.2) is 127 Å². The summed E-state index contributed by atoms with van der Waals surface area (Å²) >= 11 is 0. The van der Waals surface area contributed by atoms with Crippen molar-refractivity contribution in [1.82, 2.24) is 0 Å². The number of hydrogen-bond donors (Lipinski definition) is 3. The van der Waals surface area contributed by atoms with Crippen molar-refractivity contribution in [2.45, 2.75) is 0 Å². The molecule has 9 nitrogen and oxygen atoms in total. The Balaban J connectivity index is 1.57. The number of hydrogen-bond acceptors (Lipinski definition) is 6. The van der Waals surface area contributed by atoms with Gasteiger partial charge in [0.15, 0.2) is 0 Å². The van der Waals surface area contributed by atoms with Crippen LogP contribution in [0.5, 0.6) is 17.2 Å². The summed E-state index contributed by atoms with van der Waals surface area (Å²) in [6.07, 6.45) is 7.24. The third-order valence-electron chi connectivity index (χ3n) is 7.44. The molecule has 6 rings (SSSR count). The number of carbonyl (C=O) groups is 3. The molecule has 6 aromatic carbocycles. The molecular weight excluding hydrogens is 643 g/mol. The number of benzene rings is 6. The molecule has 0 radical (unpaired) electrons. The number of fused-ring (bicyclic) bond motifs is 3. The first-order valence-electron chi connectivity index (χ1n) is 14.9. The topological polar surface area (TPSA) is 140 Å². The molecule has 0 spiro atoms. The van der Waals surface area contributed by atoms with Crippen LogP contribution in [0, 0.1) is 0 Å². The molecule has 0 atom stereocenters. The molecule has 10 heteroatoms. The van der Waals surface area contributed by atoms with Crippen molar-refractivity contribution in [3.63, 3.8) is 0 Å². The maximum absolute atomic E-state index is 11.5. The summed E-state index contributed by atoms with van der Waals surface area (Å²) in [6.45, 7) is 0. The van der Waals surface area contributed by atoms with Crippen LogP contribution in [0.3, 0.4) is 0 Å². The summed E-state index contributed by atoms with van der Waals surface area (Å²) in [4.78, 5) is 34.6. The quantitative estimate of drug-likeness (QED) is 0.0859. The lowest BCUT2D eigenvalue weighted by molar-refractivity contribution is -0.132. The second kappa shape index (κ2) is 14.5. The molecule has 242 valence electrons. The zero-order chi connectivity index (χ0) is 34.3. The molecule has 0 aliphatic heterocycles. The SMILES string of the molecule is O=C(O)/C=C\c1ccc2ccccc2c1OP(Oc1c(/C=C\C(=O)O)ccc2ccccc12)Oc1c(/C=C\C(=O)O)ccc2ccccc12. The predicted molar refractivity (Wildman–Crippen MR) is 191 cm³/mol. The van der Waals surface area contributed by atoms with E-state index in [9.17, 15) is 29.7 Å². The average molecular weight is 671 g/mol. The number of carboxylic acids is 3. The van der Waals surface area contributed by atoms with E-state index < -0.39 is 26.5 Å². The molecule has 0 unspecified atom stereocenters. The summed E-state index contributed by atoms with van der Waals surface area (Å²) < 4.78 is 20.0. The largest absolute Gasteiger partial charge is 0.530 e. The molecule has 49 heavy (non-hydrogen) atoms. The van der Waals surface area contributed by atoms with E-state index in [1.54, 1.807) is 18.2 Å². The van der Waals surface area contributed by atoms with E-state index in [-0.39, 0.29) is 17.2 Å².